The molecule has 0 bridgehead atoms. The maximum absolute atomic E-state index is 11.9. The Bertz CT molecular complexity index is 496. The number of carbonyl (C=O) groups is 1. The smallest absolute Gasteiger partial charge is 0.227 e. The molecule has 5 heteroatoms. The number of benzene rings is 1. The molecule has 1 unspecified atom stereocenters. The zero-order valence-electron chi connectivity index (χ0n) is 8.99. The third kappa shape index (κ3) is 2.38. The van der Waals surface area contributed by atoms with E-state index in [9.17, 15) is 4.79 Å². The van der Waals surface area contributed by atoms with Gasteiger partial charge in [-0.2, -0.15) is 5.26 Å². The van der Waals surface area contributed by atoms with Crippen molar-refractivity contribution in [1.29, 1.82) is 5.26 Å². The maximum Gasteiger partial charge on any atom is 0.227 e. The third-order valence-corrected chi connectivity index (χ3v) is 4.56. The number of hydrogen-bond donors (Lipinski definition) is 0. The molecule has 1 aromatic rings. The van der Waals surface area contributed by atoms with Crippen LogP contribution in [0.25, 0.3) is 0 Å². The van der Waals surface area contributed by atoms with Crippen molar-refractivity contribution in [3.05, 3.63) is 28.2 Å². The Morgan fingerprint density at radius 2 is 2.29 bits per heavy atom. The van der Waals surface area contributed by atoms with Crippen LogP contribution >= 0.6 is 31.9 Å². The van der Waals surface area contributed by atoms with Crippen LogP contribution < -0.4 is 4.90 Å². The highest BCUT2D eigenvalue weighted by atomic mass is 79.9. The van der Waals surface area contributed by atoms with E-state index in [0.29, 0.717) is 28.9 Å². The van der Waals surface area contributed by atoms with Crippen molar-refractivity contribution < 1.29 is 4.79 Å². The van der Waals surface area contributed by atoms with E-state index in [1.165, 1.54) is 0 Å². The standard InChI is InChI=1S/C12H10Br2N2O/c13-5-8-4-11(17)16(7-8)10-3-1-2-9(6-15)12(10)14/h1-3,8H,4-5,7H2. The predicted molar refractivity (Wildman–Crippen MR) is 73.1 cm³/mol. The molecule has 0 aromatic heterocycles. The summed E-state index contributed by atoms with van der Waals surface area (Å²) in [5.41, 5.74) is 1.34. The Kier molecular flexibility index (Phi) is 3.85. The molecule has 1 atom stereocenters. The number of rotatable bonds is 2. The summed E-state index contributed by atoms with van der Waals surface area (Å²) in [7, 11) is 0. The first kappa shape index (κ1) is 12.6. The Balaban J connectivity index is 2.36. The minimum Gasteiger partial charge on any atom is -0.311 e. The zero-order chi connectivity index (χ0) is 12.4. The number of nitriles is 1. The predicted octanol–water partition coefficient (Wildman–Crippen LogP) is 3.07. The van der Waals surface area contributed by atoms with Gasteiger partial charge in [0.25, 0.3) is 0 Å². The van der Waals surface area contributed by atoms with Gasteiger partial charge in [-0.3, -0.25) is 4.79 Å². The molecule has 1 aromatic carbocycles. The van der Waals surface area contributed by atoms with Gasteiger partial charge >= 0.3 is 0 Å². The lowest BCUT2D eigenvalue weighted by atomic mass is 10.1. The van der Waals surface area contributed by atoms with Crippen LogP contribution in [0.2, 0.25) is 0 Å². The van der Waals surface area contributed by atoms with Crippen molar-refractivity contribution in [2.24, 2.45) is 5.92 Å². The van der Waals surface area contributed by atoms with Crippen LogP contribution in [0, 0.1) is 17.2 Å². The number of halogens is 2. The maximum atomic E-state index is 11.9. The average Bonchev–Trinajstić information content (AvgIpc) is 2.71. The first-order chi connectivity index (χ1) is 8.17. The van der Waals surface area contributed by atoms with Gasteiger partial charge in [-0.25, -0.2) is 0 Å². The van der Waals surface area contributed by atoms with Crippen molar-refractivity contribution in [1.82, 2.24) is 0 Å². The molecule has 3 nitrogen and oxygen atoms in total. The molecule has 1 heterocycles. The number of alkyl halides is 1. The number of amides is 1. The Morgan fingerprint density at radius 3 is 2.88 bits per heavy atom. The topological polar surface area (TPSA) is 44.1 Å². The first-order valence-corrected chi connectivity index (χ1v) is 7.13. The molecule has 0 N–H and O–H groups in total. The summed E-state index contributed by atoms with van der Waals surface area (Å²) >= 11 is 6.80. The van der Waals surface area contributed by atoms with Crippen molar-refractivity contribution in [3.63, 3.8) is 0 Å². The van der Waals surface area contributed by atoms with E-state index < -0.39 is 0 Å². The van der Waals surface area contributed by atoms with Gasteiger partial charge in [0.15, 0.2) is 0 Å². The highest BCUT2D eigenvalue weighted by Crippen LogP contribution is 2.33. The highest BCUT2D eigenvalue weighted by molar-refractivity contribution is 9.10. The molecule has 1 saturated heterocycles. The molecule has 1 aliphatic rings. The summed E-state index contributed by atoms with van der Waals surface area (Å²) < 4.78 is 0.700. The van der Waals surface area contributed by atoms with Gasteiger partial charge in [0.2, 0.25) is 5.91 Å². The van der Waals surface area contributed by atoms with Gasteiger partial charge in [-0.15, -0.1) is 0 Å². The Morgan fingerprint density at radius 1 is 1.53 bits per heavy atom. The SMILES string of the molecule is N#Cc1cccc(N2CC(CBr)CC2=O)c1Br. The van der Waals surface area contributed by atoms with E-state index in [0.717, 1.165) is 11.0 Å². The lowest BCUT2D eigenvalue weighted by Crippen LogP contribution is -2.25. The van der Waals surface area contributed by atoms with E-state index in [1.54, 1.807) is 17.0 Å². The Labute approximate surface area is 117 Å². The van der Waals surface area contributed by atoms with Crippen molar-refractivity contribution >= 4 is 43.5 Å². The second-order valence-electron chi connectivity index (χ2n) is 3.98. The van der Waals surface area contributed by atoms with Gasteiger partial charge in [-0.05, 0) is 34.0 Å². The van der Waals surface area contributed by atoms with Crippen LogP contribution in [0.5, 0.6) is 0 Å². The summed E-state index contributed by atoms with van der Waals surface area (Å²) in [6, 6.07) is 7.50. The summed E-state index contributed by atoms with van der Waals surface area (Å²) in [6.45, 7) is 0.706. The van der Waals surface area contributed by atoms with Gasteiger partial charge in [0.05, 0.1) is 15.7 Å². The zero-order valence-corrected chi connectivity index (χ0v) is 12.2. The fourth-order valence-corrected chi connectivity index (χ4v) is 2.93. The fraction of sp³-hybridized carbons (Fsp3) is 0.333. The van der Waals surface area contributed by atoms with Gasteiger partial charge in [-0.1, -0.05) is 22.0 Å². The summed E-state index contributed by atoms with van der Waals surface area (Å²) in [5.74, 6) is 0.463. The average molecular weight is 358 g/mol. The lowest BCUT2D eigenvalue weighted by Gasteiger charge is -2.18. The second-order valence-corrected chi connectivity index (χ2v) is 5.42. The lowest BCUT2D eigenvalue weighted by molar-refractivity contribution is -0.117. The van der Waals surface area contributed by atoms with E-state index in [-0.39, 0.29) is 5.91 Å². The molecule has 1 fully saturated rings. The van der Waals surface area contributed by atoms with Crippen LogP contribution in [0.4, 0.5) is 5.69 Å². The van der Waals surface area contributed by atoms with Crippen LogP contribution in [-0.4, -0.2) is 17.8 Å². The van der Waals surface area contributed by atoms with Crippen LogP contribution in [-0.2, 0) is 4.79 Å². The summed E-state index contributed by atoms with van der Waals surface area (Å²) in [5, 5.41) is 9.78. The molecule has 2 rings (SSSR count). The molecule has 0 radical (unpaired) electrons. The molecule has 88 valence electrons. The monoisotopic (exact) mass is 356 g/mol. The second kappa shape index (κ2) is 5.19. The molecular weight excluding hydrogens is 348 g/mol. The molecule has 17 heavy (non-hydrogen) atoms. The van der Waals surface area contributed by atoms with Gasteiger partial charge < -0.3 is 4.90 Å². The molecule has 1 aliphatic heterocycles. The summed E-state index contributed by atoms with van der Waals surface area (Å²) in [4.78, 5) is 13.6. The Hall–Kier alpha value is -0.860. The highest BCUT2D eigenvalue weighted by Gasteiger charge is 2.31. The number of hydrogen-bond acceptors (Lipinski definition) is 2. The van der Waals surface area contributed by atoms with E-state index in [2.05, 4.69) is 37.9 Å². The minimum atomic E-state index is 0.116. The molecule has 0 aliphatic carbocycles. The fourth-order valence-electron chi connectivity index (χ4n) is 1.93. The van der Waals surface area contributed by atoms with Gasteiger partial charge in [0, 0.05) is 18.3 Å². The summed E-state index contributed by atoms with van der Waals surface area (Å²) in [6.07, 6.45) is 0.564. The quantitative estimate of drug-likeness (QED) is 0.763. The number of anilines is 1. The molecular formula is C12H10Br2N2O. The van der Waals surface area contributed by atoms with E-state index in [4.69, 9.17) is 5.26 Å². The van der Waals surface area contributed by atoms with E-state index in [1.807, 2.05) is 6.07 Å². The number of carbonyl (C=O) groups excluding carboxylic acids is 1. The number of nitrogens with zero attached hydrogens (tertiary/aromatic N) is 2. The third-order valence-electron chi connectivity index (χ3n) is 2.81. The van der Waals surface area contributed by atoms with Crippen LogP contribution in [0.3, 0.4) is 0 Å². The molecule has 0 spiro atoms. The minimum absolute atomic E-state index is 0.116. The first-order valence-electron chi connectivity index (χ1n) is 5.22. The van der Waals surface area contributed by atoms with Crippen LogP contribution in [0.1, 0.15) is 12.0 Å². The molecule has 0 saturated carbocycles. The van der Waals surface area contributed by atoms with Gasteiger partial charge in [0.1, 0.15) is 6.07 Å². The van der Waals surface area contributed by atoms with Crippen molar-refractivity contribution in [3.8, 4) is 6.07 Å². The normalized spacial score (nSPS) is 19.5. The van der Waals surface area contributed by atoms with Crippen molar-refractivity contribution in [2.45, 2.75) is 6.42 Å². The molecule has 1 amide bonds. The van der Waals surface area contributed by atoms with Crippen LogP contribution in [0.15, 0.2) is 22.7 Å². The van der Waals surface area contributed by atoms with E-state index >= 15 is 0 Å². The largest absolute Gasteiger partial charge is 0.311 e. The van der Waals surface area contributed by atoms with Crippen molar-refractivity contribution in [2.75, 3.05) is 16.8 Å².